The first-order valence-electron chi connectivity index (χ1n) is 9.44. The Morgan fingerprint density at radius 3 is 2.67 bits per heavy atom. The molecule has 0 bridgehead atoms. The van der Waals surface area contributed by atoms with E-state index in [1.165, 1.54) is 31.5 Å². The van der Waals surface area contributed by atoms with E-state index in [-0.39, 0.29) is 6.04 Å². The van der Waals surface area contributed by atoms with Crippen molar-refractivity contribution in [3.8, 4) is 0 Å². The van der Waals surface area contributed by atoms with Gasteiger partial charge in [0.05, 0.1) is 6.04 Å². The smallest absolute Gasteiger partial charge is 0.191 e. The zero-order valence-corrected chi connectivity index (χ0v) is 15.8. The Labute approximate surface area is 147 Å². The average Bonchev–Trinajstić information content (AvgIpc) is 2.61. The van der Waals surface area contributed by atoms with Crippen LogP contribution in [0.5, 0.6) is 0 Å². The third kappa shape index (κ3) is 5.82. The van der Waals surface area contributed by atoms with Crippen LogP contribution in [0.4, 0.5) is 0 Å². The summed E-state index contributed by atoms with van der Waals surface area (Å²) >= 11 is 0. The summed E-state index contributed by atoms with van der Waals surface area (Å²) in [6, 6.07) is 11.4. The van der Waals surface area contributed by atoms with E-state index in [4.69, 9.17) is 4.99 Å². The minimum Gasteiger partial charge on any atom is -0.357 e. The Balaban J connectivity index is 1.92. The number of likely N-dealkylation sites (tertiary alicyclic amines) is 1. The molecule has 1 aromatic rings. The highest BCUT2D eigenvalue weighted by atomic mass is 15.2. The fourth-order valence-electron chi connectivity index (χ4n) is 3.29. The van der Waals surface area contributed by atoms with E-state index in [0.717, 1.165) is 19.0 Å². The Hall–Kier alpha value is -1.55. The Morgan fingerprint density at radius 2 is 2.00 bits per heavy atom. The monoisotopic (exact) mass is 330 g/mol. The van der Waals surface area contributed by atoms with Crippen LogP contribution < -0.4 is 10.6 Å². The largest absolute Gasteiger partial charge is 0.357 e. The summed E-state index contributed by atoms with van der Waals surface area (Å²) in [7, 11) is 0. The topological polar surface area (TPSA) is 39.7 Å². The quantitative estimate of drug-likeness (QED) is 0.620. The molecule has 1 fully saturated rings. The fraction of sp³-hybridized carbons (Fsp3) is 0.650. The molecule has 0 saturated carbocycles. The molecule has 2 atom stereocenters. The summed E-state index contributed by atoms with van der Waals surface area (Å²) < 4.78 is 0. The molecule has 2 N–H and O–H groups in total. The Kier molecular flexibility index (Phi) is 7.57. The molecule has 1 aliphatic rings. The normalized spacial score (nSPS) is 20.9. The summed E-state index contributed by atoms with van der Waals surface area (Å²) in [4.78, 5) is 7.44. The number of piperidine rings is 1. The molecular weight excluding hydrogens is 296 g/mol. The van der Waals surface area contributed by atoms with Gasteiger partial charge in [-0.25, -0.2) is 0 Å². The third-order valence-corrected chi connectivity index (χ3v) is 4.79. The first-order valence-corrected chi connectivity index (χ1v) is 9.44. The molecule has 24 heavy (non-hydrogen) atoms. The van der Waals surface area contributed by atoms with Gasteiger partial charge in [-0.1, -0.05) is 30.3 Å². The van der Waals surface area contributed by atoms with E-state index in [1.54, 1.807) is 0 Å². The molecule has 134 valence electrons. The molecule has 1 aliphatic heterocycles. The molecule has 0 aromatic heterocycles. The van der Waals surface area contributed by atoms with Crippen molar-refractivity contribution in [2.45, 2.75) is 52.6 Å². The van der Waals surface area contributed by atoms with Crippen LogP contribution in [0.15, 0.2) is 35.3 Å². The number of nitrogens with one attached hydrogen (secondary N) is 2. The summed E-state index contributed by atoms with van der Waals surface area (Å²) in [5, 5.41) is 6.92. The fourth-order valence-corrected chi connectivity index (χ4v) is 3.29. The Morgan fingerprint density at radius 1 is 1.25 bits per heavy atom. The van der Waals surface area contributed by atoms with Gasteiger partial charge in [0.25, 0.3) is 0 Å². The summed E-state index contributed by atoms with van der Waals surface area (Å²) in [6.07, 6.45) is 2.59. The first-order chi connectivity index (χ1) is 11.6. The summed E-state index contributed by atoms with van der Waals surface area (Å²) in [6.45, 7) is 13.1. The lowest BCUT2D eigenvalue weighted by Crippen LogP contribution is -2.42. The van der Waals surface area contributed by atoms with Crippen molar-refractivity contribution in [2.24, 2.45) is 10.9 Å². The van der Waals surface area contributed by atoms with Crippen LogP contribution in [0.3, 0.4) is 0 Å². The van der Waals surface area contributed by atoms with Crippen LogP contribution >= 0.6 is 0 Å². The van der Waals surface area contributed by atoms with Gasteiger partial charge in [-0.3, -0.25) is 4.99 Å². The number of nitrogens with zero attached hydrogens (tertiary/aromatic N) is 2. The van der Waals surface area contributed by atoms with Gasteiger partial charge in [-0.15, -0.1) is 0 Å². The van der Waals surface area contributed by atoms with Crippen LogP contribution in [-0.4, -0.2) is 43.1 Å². The SMILES string of the molecule is CCNC(=NCC1CCCN(C(C)C)C1)NC(C)c1ccccc1. The molecule has 4 nitrogen and oxygen atoms in total. The molecule has 1 saturated heterocycles. The average molecular weight is 331 g/mol. The van der Waals surface area contributed by atoms with Gasteiger partial charge in [0.1, 0.15) is 0 Å². The molecule has 0 radical (unpaired) electrons. The summed E-state index contributed by atoms with van der Waals surface area (Å²) in [5.74, 6) is 1.60. The van der Waals surface area contributed by atoms with Gasteiger partial charge >= 0.3 is 0 Å². The highest BCUT2D eigenvalue weighted by molar-refractivity contribution is 5.80. The maximum Gasteiger partial charge on any atom is 0.191 e. The predicted molar refractivity (Wildman–Crippen MR) is 103 cm³/mol. The van der Waals surface area contributed by atoms with E-state index >= 15 is 0 Å². The van der Waals surface area contributed by atoms with E-state index in [0.29, 0.717) is 12.0 Å². The zero-order valence-electron chi connectivity index (χ0n) is 15.8. The molecule has 4 heteroatoms. The van der Waals surface area contributed by atoms with E-state index in [2.05, 4.69) is 73.6 Å². The van der Waals surface area contributed by atoms with E-state index < -0.39 is 0 Å². The lowest BCUT2D eigenvalue weighted by molar-refractivity contribution is 0.143. The van der Waals surface area contributed by atoms with Crippen molar-refractivity contribution >= 4 is 5.96 Å². The number of hydrogen-bond donors (Lipinski definition) is 2. The van der Waals surface area contributed by atoms with Gasteiger partial charge in [0.15, 0.2) is 5.96 Å². The molecule has 0 aliphatic carbocycles. The minimum absolute atomic E-state index is 0.252. The van der Waals surface area contributed by atoms with Gasteiger partial charge in [-0.05, 0) is 58.6 Å². The van der Waals surface area contributed by atoms with E-state index in [1.807, 2.05) is 0 Å². The van der Waals surface area contributed by atoms with Crippen LogP contribution in [0.2, 0.25) is 0 Å². The van der Waals surface area contributed by atoms with Crippen LogP contribution in [0.1, 0.15) is 52.1 Å². The second kappa shape index (κ2) is 9.67. The molecule has 1 heterocycles. The molecule has 0 amide bonds. The Bertz CT molecular complexity index is 498. The van der Waals surface area contributed by atoms with Crippen molar-refractivity contribution in [3.05, 3.63) is 35.9 Å². The van der Waals surface area contributed by atoms with Gasteiger partial charge in [0, 0.05) is 25.7 Å². The van der Waals surface area contributed by atoms with Crippen molar-refractivity contribution in [3.63, 3.8) is 0 Å². The maximum atomic E-state index is 4.86. The zero-order chi connectivity index (χ0) is 17.4. The van der Waals surface area contributed by atoms with Crippen LogP contribution in [0, 0.1) is 5.92 Å². The lowest BCUT2D eigenvalue weighted by Gasteiger charge is -2.35. The second-order valence-electron chi connectivity index (χ2n) is 7.09. The molecule has 1 aromatic carbocycles. The predicted octanol–water partition coefficient (Wildman–Crippen LogP) is 3.42. The summed E-state index contributed by atoms with van der Waals surface area (Å²) in [5.41, 5.74) is 1.28. The van der Waals surface area contributed by atoms with Gasteiger partial charge in [-0.2, -0.15) is 0 Å². The van der Waals surface area contributed by atoms with Crippen LogP contribution in [-0.2, 0) is 0 Å². The molecule has 2 rings (SSSR count). The number of benzene rings is 1. The number of hydrogen-bond acceptors (Lipinski definition) is 2. The lowest BCUT2D eigenvalue weighted by atomic mass is 9.97. The van der Waals surface area contributed by atoms with Crippen molar-refractivity contribution in [2.75, 3.05) is 26.2 Å². The highest BCUT2D eigenvalue weighted by Gasteiger charge is 2.21. The molecule has 0 spiro atoms. The highest BCUT2D eigenvalue weighted by Crippen LogP contribution is 2.18. The minimum atomic E-state index is 0.252. The van der Waals surface area contributed by atoms with E-state index in [9.17, 15) is 0 Å². The first kappa shape index (κ1) is 18.8. The number of guanidine groups is 1. The van der Waals surface area contributed by atoms with Crippen LogP contribution in [0.25, 0.3) is 0 Å². The third-order valence-electron chi connectivity index (χ3n) is 4.79. The number of rotatable bonds is 6. The molecule has 2 unspecified atom stereocenters. The standard InChI is InChI=1S/C20H34N4/c1-5-21-20(23-17(4)19-11-7-6-8-12-19)22-14-18-10-9-13-24(15-18)16(2)3/h6-8,11-12,16-18H,5,9-10,13-15H2,1-4H3,(H2,21,22,23). The molecular formula is C20H34N4. The van der Waals surface area contributed by atoms with Gasteiger partial charge in [0.2, 0.25) is 0 Å². The van der Waals surface area contributed by atoms with Crippen molar-refractivity contribution in [1.29, 1.82) is 0 Å². The second-order valence-corrected chi connectivity index (χ2v) is 7.09. The number of aliphatic imine (C=N–C) groups is 1. The van der Waals surface area contributed by atoms with Crippen molar-refractivity contribution < 1.29 is 0 Å². The van der Waals surface area contributed by atoms with Gasteiger partial charge < -0.3 is 15.5 Å². The maximum absolute atomic E-state index is 4.86. The van der Waals surface area contributed by atoms with Crippen molar-refractivity contribution in [1.82, 2.24) is 15.5 Å².